The SMILES string of the molecule is O=[N+]([O-])[C@H]1Oc2ccccc2[C@H]1O. The fraction of sp³-hybridized carbons (Fsp3) is 0.250. The lowest BCUT2D eigenvalue weighted by Gasteiger charge is -2.04. The molecule has 0 aliphatic carbocycles. The average molecular weight is 181 g/mol. The number of para-hydroxylation sites is 1. The number of hydrogen-bond donors (Lipinski definition) is 1. The van der Waals surface area contributed by atoms with Crippen molar-refractivity contribution < 1.29 is 14.8 Å². The summed E-state index contributed by atoms with van der Waals surface area (Å²) in [5.74, 6) is 0.386. The Kier molecular flexibility index (Phi) is 1.66. The van der Waals surface area contributed by atoms with Crippen LogP contribution < -0.4 is 4.74 Å². The first-order chi connectivity index (χ1) is 6.20. The third-order valence-corrected chi connectivity index (χ3v) is 1.96. The lowest BCUT2D eigenvalue weighted by Crippen LogP contribution is -2.27. The predicted molar refractivity (Wildman–Crippen MR) is 42.8 cm³/mol. The maximum atomic E-state index is 10.4. The number of aliphatic hydroxyl groups excluding tert-OH is 1. The Hall–Kier alpha value is -1.62. The normalized spacial score (nSPS) is 25.0. The second-order valence-electron chi connectivity index (χ2n) is 2.78. The Bertz CT molecular complexity index is 352. The number of fused-ring (bicyclic) bond motifs is 1. The number of rotatable bonds is 1. The van der Waals surface area contributed by atoms with Crippen LogP contribution in [0.15, 0.2) is 24.3 Å². The van der Waals surface area contributed by atoms with Crippen LogP contribution in [0.3, 0.4) is 0 Å². The molecule has 5 heteroatoms. The molecule has 0 fully saturated rings. The summed E-state index contributed by atoms with van der Waals surface area (Å²) in [4.78, 5) is 9.77. The molecule has 0 saturated carbocycles. The lowest BCUT2D eigenvalue weighted by atomic mass is 10.1. The molecule has 1 N–H and O–H groups in total. The molecule has 1 aliphatic heterocycles. The molecule has 0 radical (unpaired) electrons. The highest BCUT2D eigenvalue weighted by Gasteiger charge is 2.41. The summed E-state index contributed by atoms with van der Waals surface area (Å²) in [5.41, 5.74) is 0.476. The highest BCUT2D eigenvalue weighted by molar-refractivity contribution is 5.38. The van der Waals surface area contributed by atoms with Gasteiger partial charge in [0, 0.05) is 5.56 Å². The summed E-state index contributed by atoms with van der Waals surface area (Å²) in [6, 6.07) is 6.62. The number of benzene rings is 1. The van der Waals surface area contributed by atoms with E-state index >= 15 is 0 Å². The molecule has 1 aromatic carbocycles. The Labute approximate surface area is 73.7 Å². The number of hydrogen-bond acceptors (Lipinski definition) is 4. The van der Waals surface area contributed by atoms with Gasteiger partial charge in [0.25, 0.3) is 0 Å². The number of nitrogens with zero attached hydrogens (tertiary/aromatic N) is 1. The molecule has 1 heterocycles. The van der Waals surface area contributed by atoms with Crippen molar-refractivity contribution in [3.63, 3.8) is 0 Å². The molecule has 2 rings (SSSR count). The topological polar surface area (TPSA) is 72.6 Å². The van der Waals surface area contributed by atoms with E-state index in [0.717, 1.165) is 0 Å². The van der Waals surface area contributed by atoms with Gasteiger partial charge in [0.15, 0.2) is 6.10 Å². The smallest absolute Gasteiger partial charge is 0.384 e. The van der Waals surface area contributed by atoms with Crippen LogP contribution in [0.25, 0.3) is 0 Å². The number of ether oxygens (including phenoxy) is 1. The Morgan fingerprint density at radius 2 is 2.15 bits per heavy atom. The van der Waals surface area contributed by atoms with Gasteiger partial charge in [0.05, 0.1) is 4.92 Å². The van der Waals surface area contributed by atoms with Crippen LogP contribution in [0.1, 0.15) is 11.7 Å². The van der Waals surface area contributed by atoms with E-state index in [1.54, 1.807) is 24.3 Å². The maximum absolute atomic E-state index is 10.4. The summed E-state index contributed by atoms with van der Waals surface area (Å²) in [7, 11) is 0. The Balaban J connectivity index is 2.38. The second-order valence-corrected chi connectivity index (χ2v) is 2.78. The largest absolute Gasteiger partial charge is 0.427 e. The third-order valence-electron chi connectivity index (χ3n) is 1.96. The fourth-order valence-electron chi connectivity index (χ4n) is 1.34. The van der Waals surface area contributed by atoms with Crippen LogP contribution in [0.5, 0.6) is 5.75 Å². The van der Waals surface area contributed by atoms with Gasteiger partial charge in [-0.3, -0.25) is 10.1 Å². The molecule has 0 saturated heterocycles. The summed E-state index contributed by atoms with van der Waals surface area (Å²) >= 11 is 0. The van der Waals surface area contributed by atoms with Gasteiger partial charge in [0.2, 0.25) is 0 Å². The van der Waals surface area contributed by atoms with Gasteiger partial charge in [-0.05, 0) is 6.07 Å². The van der Waals surface area contributed by atoms with Crippen LogP contribution in [-0.4, -0.2) is 16.3 Å². The van der Waals surface area contributed by atoms with Gasteiger partial charge in [-0.1, -0.05) is 18.2 Å². The van der Waals surface area contributed by atoms with E-state index in [1.165, 1.54) is 0 Å². The highest BCUT2D eigenvalue weighted by Crippen LogP contribution is 2.36. The molecule has 0 aromatic heterocycles. The van der Waals surface area contributed by atoms with Gasteiger partial charge in [-0.25, -0.2) is 0 Å². The molecule has 0 spiro atoms. The fourth-order valence-corrected chi connectivity index (χ4v) is 1.34. The molecule has 0 amide bonds. The van der Waals surface area contributed by atoms with Crippen LogP contribution in [0.4, 0.5) is 0 Å². The van der Waals surface area contributed by atoms with Crippen LogP contribution in [0.2, 0.25) is 0 Å². The maximum Gasteiger partial charge on any atom is 0.384 e. The zero-order valence-corrected chi connectivity index (χ0v) is 6.58. The van der Waals surface area contributed by atoms with E-state index in [0.29, 0.717) is 11.3 Å². The second kappa shape index (κ2) is 2.70. The molecule has 0 bridgehead atoms. The summed E-state index contributed by atoms with van der Waals surface area (Å²) < 4.78 is 4.93. The molecule has 1 aliphatic rings. The van der Waals surface area contributed by atoms with E-state index < -0.39 is 17.3 Å². The molecule has 0 unspecified atom stereocenters. The number of nitro groups is 1. The van der Waals surface area contributed by atoms with Crippen LogP contribution in [-0.2, 0) is 0 Å². The quantitative estimate of drug-likeness (QED) is 0.511. The standard InChI is InChI=1S/C8H7NO4/c10-7-5-3-1-2-4-6(5)13-8(7)9(11)12/h1-4,7-8,10H/t7-,8+/m1/s1. The van der Waals surface area contributed by atoms with Gasteiger partial charge >= 0.3 is 6.23 Å². The molecule has 1 aromatic rings. The minimum absolute atomic E-state index is 0.386. The summed E-state index contributed by atoms with van der Waals surface area (Å²) in [6.07, 6.45) is -2.52. The van der Waals surface area contributed by atoms with Crippen LogP contribution >= 0.6 is 0 Å². The van der Waals surface area contributed by atoms with Gasteiger partial charge in [-0.2, -0.15) is 0 Å². The van der Waals surface area contributed by atoms with Crippen molar-refractivity contribution in [2.45, 2.75) is 12.3 Å². The molecular formula is C8H7NO4. The van der Waals surface area contributed by atoms with E-state index in [4.69, 9.17) is 4.74 Å². The lowest BCUT2D eigenvalue weighted by molar-refractivity contribution is -0.572. The van der Waals surface area contributed by atoms with Crippen molar-refractivity contribution in [3.8, 4) is 5.75 Å². The van der Waals surface area contributed by atoms with Crippen molar-refractivity contribution in [3.05, 3.63) is 39.9 Å². The molecule has 5 nitrogen and oxygen atoms in total. The van der Waals surface area contributed by atoms with Gasteiger partial charge in [-0.15, -0.1) is 0 Å². The Morgan fingerprint density at radius 3 is 2.77 bits per heavy atom. The minimum atomic E-state index is -1.36. The first kappa shape index (κ1) is 8.00. The van der Waals surface area contributed by atoms with Gasteiger partial charge in [0.1, 0.15) is 5.75 Å². The van der Waals surface area contributed by atoms with E-state index in [2.05, 4.69) is 0 Å². The van der Waals surface area contributed by atoms with Crippen molar-refractivity contribution in [2.75, 3.05) is 0 Å². The first-order valence-corrected chi connectivity index (χ1v) is 3.77. The highest BCUT2D eigenvalue weighted by atomic mass is 16.7. The zero-order chi connectivity index (χ0) is 9.42. The van der Waals surface area contributed by atoms with E-state index in [-0.39, 0.29) is 0 Å². The van der Waals surface area contributed by atoms with Crippen molar-refractivity contribution in [1.82, 2.24) is 0 Å². The van der Waals surface area contributed by atoms with Crippen molar-refractivity contribution in [2.24, 2.45) is 0 Å². The monoisotopic (exact) mass is 181 g/mol. The zero-order valence-electron chi connectivity index (χ0n) is 6.58. The number of aliphatic hydroxyl groups is 1. The van der Waals surface area contributed by atoms with E-state index in [1.807, 2.05) is 0 Å². The summed E-state index contributed by atoms with van der Waals surface area (Å²) in [5, 5.41) is 19.8. The van der Waals surface area contributed by atoms with Crippen molar-refractivity contribution >= 4 is 0 Å². The van der Waals surface area contributed by atoms with E-state index in [9.17, 15) is 15.2 Å². The molecule has 13 heavy (non-hydrogen) atoms. The average Bonchev–Trinajstić information content (AvgIpc) is 2.45. The van der Waals surface area contributed by atoms with Crippen molar-refractivity contribution in [1.29, 1.82) is 0 Å². The molecule has 68 valence electrons. The minimum Gasteiger partial charge on any atom is -0.427 e. The molecule has 2 atom stereocenters. The Morgan fingerprint density at radius 1 is 1.46 bits per heavy atom. The van der Waals surface area contributed by atoms with Gasteiger partial charge < -0.3 is 9.84 Å². The first-order valence-electron chi connectivity index (χ1n) is 3.77. The van der Waals surface area contributed by atoms with Crippen LogP contribution in [0, 0.1) is 10.1 Å². The predicted octanol–water partition coefficient (Wildman–Crippen LogP) is 0.715. The third kappa shape index (κ3) is 1.13. The molecular weight excluding hydrogens is 174 g/mol. The summed E-state index contributed by atoms with van der Waals surface area (Å²) in [6.45, 7) is 0.